The summed E-state index contributed by atoms with van der Waals surface area (Å²) in [6.07, 6.45) is 2.23. The van der Waals surface area contributed by atoms with Crippen LogP contribution in [0.1, 0.15) is 40.0 Å². The zero-order chi connectivity index (χ0) is 11.0. The van der Waals surface area contributed by atoms with Crippen LogP contribution in [0.15, 0.2) is 0 Å². The quantitative estimate of drug-likeness (QED) is 0.729. The van der Waals surface area contributed by atoms with Crippen LogP contribution >= 0.6 is 0 Å². The monoisotopic (exact) mass is 199 g/mol. The molecule has 82 valence electrons. The lowest BCUT2D eigenvalue weighted by molar-refractivity contribution is -0.140. The van der Waals surface area contributed by atoms with Crippen molar-refractivity contribution in [2.75, 3.05) is 6.54 Å². The lowest BCUT2D eigenvalue weighted by atomic mass is 9.75. The molecule has 1 saturated carbocycles. The van der Waals surface area contributed by atoms with Crippen molar-refractivity contribution < 1.29 is 9.90 Å². The van der Waals surface area contributed by atoms with Crippen LogP contribution in [-0.2, 0) is 4.79 Å². The zero-order valence-corrected chi connectivity index (χ0v) is 9.34. The SMILES string of the molecule is CC1CC(C)(C)CC1(CN)CC(=O)O. The number of hydrogen-bond donors (Lipinski definition) is 2. The summed E-state index contributed by atoms with van der Waals surface area (Å²) in [5.74, 6) is -0.307. The molecule has 0 radical (unpaired) electrons. The molecule has 0 aromatic carbocycles. The third kappa shape index (κ3) is 2.08. The van der Waals surface area contributed by atoms with Crippen molar-refractivity contribution in [3.63, 3.8) is 0 Å². The molecule has 0 spiro atoms. The Morgan fingerprint density at radius 3 is 2.43 bits per heavy atom. The van der Waals surface area contributed by atoms with E-state index in [0.717, 1.165) is 12.8 Å². The Morgan fingerprint density at radius 1 is 1.57 bits per heavy atom. The summed E-state index contributed by atoms with van der Waals surface area (Å²) in [5, 5.41) is 8.90. The minimum absolute atomic E-state index is 0.171. The number of hydrogen-bond acceptors (Lipinski definition) is 2. The maximum Gasteiger partial charge on any atom is 0.303 e. The molecule has 0 aromatic heterocycles. The zero-order valence-electron chi connectivity index (χ0n) is 9.34. The number of carboxylic acids is 1. The average Bonchev–Trinajstić information content (AvgIpc) is 2.21. The maximum absolute atomic E-state index is 10.8. The fraction of sp³-hybridized carbons (Fsp3) is 0.909. The fourth-order valence-electron chi connectivity index (χ4n) is 3.13. The molecule has 0 aliphatic heterocycles. The molecule has 0 saturated heterocycles. The van der Waals surface area contributed by atoms with Gasteiger partial charge in [-0.25, -0.2) is 0 Å². The molecule has 2 unspecified atom stereocenters. The molecule has 14 heavy (non-hydrogen) atoms. The molecular weight excluding hydrogens is 178 g/mol. The van der Waals surface area contributed by atoms with Crippen LogP contribution in [0, 0.1) is 16.7 Å². The maximum atomic E-state index is 10.8. The van der Waals surface area contributed by atoms with Gasteiger partial charge >= 0.3 is 5.97 Å². The lowest BCUT2D eigenvalue weighted by Crippen LogP contribution is -2.35. The van der Waals surface area contributed by atoms with Crippen molar-refractivity contribution in [2.24, 2.45) is 22.5 Å². The number of carbonyl (C=O) groups is 1. The minimum atomic E-state index is -0.722. The molecular formula is C11H21NO2. The highest BCUT2D eigenvalue weighted by molar-refractivity contribution is 5.68. The summed E-state index contributed by atoms with van der Waals surface area (Å²) in [7, 11) is 0. The molecule has 3 nitrogen and oxygen atoms in total. The fourth-order valence-corrected chi connectivity index (χ4v) is 3.13. The Kier molecular flexibility index (Phi) is 2.91. The summed E-state index contributed by atoms with van der Waals surface area (Å²) >= 11 is 0. The smallest absolute Gasteiger partial charge is 0.303 e. The van der Waals surface area contributed by atoms with Gasteiger partial charge in [-0.2, -0.15) is 0 Å². The van der Waals surface area contributed by atoms with Crippen LogP contribution in [0.4, 0.5) is 0 Å². The van der Waals surface area contributed by atoms with Gasteiger partial charge in [0.15, 0.2) is 0 Å². The Balaban J connectivity index is 2.84. The first-order valence-corrected chi connectivity index (χ1v) is 5.23. The van der Waals surface area contributed by atoms with Crippen LogP contribution in [0.2, 0.25) is 0 Å². The first-order valence-electron chi connectivity index (χ1n) is 5.23. The molecule has 2 atom stereocenters. The molecule has 1 rings (SSSR count). The molecule has 3 N–H and O–H groups in total. The van der Waals surface area contributed by atoms with Crippen LogP contribution in [-0.4, -0.2) is 17.6 Å². The molecule has 0 amide bonds. The van der Waals surface area contributed by atoms with E-state index in [1.807, 2.05) is 0 Å². The van der Waals surface area contributed by atoms with E-state index >= 15 is 0 Å². The Hall–Kier alpha value is -0.570. The van der Waals surface area contributed by atoms with Crippen molar-refractivity contribution in [1.82, 2.24) is 0 Å². The van der Waals surface area contributed by atoms with E-state index in [2.05, 4.69) is 20.8 Å². The van der Waals surface area contributed by atoms with Gasteiger partial charge in [-0.3, -0.25) is 4.79 Å². The van der Waals surface area contributed by atoms with Crippen LogP contribution in [0.5, 0.6) is 0 Å². The van der Waals surface area contributed by atoms with E-state index in [9.17, 15) is 4.79 Å². The van der Waals surface area contributed by atoms with Crippen LogP contribution < -0.4 is 5.73 Å². The normalized spacial score (nSPS) is 35.9. The average molecular weight is 199 g/mol. The van der Waals surface area contributed by atoms with Gasteiger partial charge in [0.25, 0.3) is 0 Å². The van der Waals surface area contributed by atoms with E-state index in [-0.39, 0.29) is 17.3 Å². The van der Waals surface area contributed by atoms with Crippen molar-refractivity contribution >= 4 is 5.97 Å². The molecule has 0 aromatic rings. The van der Waals surface area contributed by atoms with Gasteiger partial charge in [0.2, 0.25) is 0 Å². The van der Waals surface area contributed by atoms with E-state index in [1.165, 1.54) is 0 Å². The highest BCUT2D eigenvalue weighted by atomic mass is 16.4. The first-order chi connectivity index (χ1) is 6.31. The van der Waals surface area contributed by atoms with Gasteiger partial charge in [0.1, 0.15) is 0 Å². The van der Waals surface area contributed by atoms with Gasteiger partial charge in [0.05, 0.1) is 6.42 Å². The molecule has 0 bridgehead atoms. The van der Waals surface area contributed by atoms with Crippen LogP contribution in [0.25, 0.3) is 0 Å². The van der Waals surface area contributed by atoms with Gasteiger partial charge in [0, 0.05) is 0 Å². The molecule has 3 heteroatoms. The van der Waals surface area contributed by atoms with E-state index in [1.54, 1.807) is 0 Å². The second kappa shape index (κ2) is 3.54. The number of nitrogens with two attached hydrogens (primary N) is 1. The molecule has 1 aliphatic carbocycles. The Morgan fingerprint density at radius 2 is 2.14 bits per heavy atom. The summed E-state index contributed by atoms with van der Waals surface area (Å²) in [6, 6.07) is 0. The molecule has 1 aliphatic rings. The van der Waals surface area contributed by atoms with E-state index in [0.29, 0.717) is 12.5 Å². The lowest BCUT2D eigenvalue weighted by Gasteiger charge is -2.31. The Bertz CT molecular complexity index is 237. The topological polar surface area (TPSA) is 63.3 Å². The standard InChI is InChI=1S/C11H21NO2/c1-8-4-10(2,3)6-11(8,7-12)5-9(13)14/h8H,4-7,12H2,1-3H3,(H,13,14). The van der Waals surface area contributed by atoms with Crippen molar-refractivity contribution in [2.45, 2.75) is 40.0 Å². The molecule has 0 heterocycles. The first kappa shape index (κ1) is 11.5. The predicted octanol–water partition coefficient (Wildman–Crippen LogP) is 1.86. The summed E-state index contributed by atoms with van der Waals surface area (Å²) < 4.78 is 0. The Labute approximate surface area is 85.7 Å². The predicted molar refractivity (Wildman–Crippen MR) is 55.9 cm³/mol. The van der Waals surface area contributed by atoms with Gasteiger partial charge in [-0.1, -0.05) is 20.8 Å². The highest BCUT2D eigenvalue weighted by Gasteiger charge is 2.48. The summed E-state index contributed by atoms with van der Waals surface area (Å²) in [4.78, 5) is 10.8. The van der Waals surface area contributed by atoms with Crippen molar-refractivity contribution in [3.05, 3.63) is 0 Å². The number of aliphatic carboxylic acids is 1. The minimum Gasteiger partial charge on any atom is -0.481 e. The third-order valence-corrected chi connectivity index (χ3v) is 3.64. The number of rotatable bonds is 3. The number of carboxylic acid groups (broad SMARTS) is 1. The van der Waals surface area contributed by atoms with Gasteiger partial charge in [-0.05, 0) is 36.1 Å². The van der Waals surface area contributed by atoms with Crippen molar-refractivity contribution in [3.8, 4) is 0 Å². The van der Waals surface area contributed by atoms with E-state index < -0.39 is 5.97 Å². The highest BCUT2D eigenvalue weighted by Crippen LogP contribution is 2.54. The van der Waals surface area contributed by atoms with E-state index in [4.69, 9.17) is 10.8 Å². The van der Waals surface area contributed by atoms with Crippen LogP contribution in [0.3, 0.4) is 0 Å². The summed E-state index contributed by atoms with van der Waals surface area (Å²) in [6.45, 7) is 7.01. The van der Waals surface area contributed by atoms with Gasteiger partial charge < -0.3 is 10.8 Å². The second-order valence-corrected chi connectivity index (χ2v) is 5.58. The molecule has 1 fully saturated rings. The van der Waals surface area contributed by atoms with Crippen molar-refractivity contribution in [1.29, 1.82) is 0 Å². The second-order valence-electron chi connectivity index (χ2n) is 5.58. The van der Waals surface area contributed by atoms with Gasteiger partial charge in [-0.15, -0.1) is 0 Å². The largest absolute Gasteiger partial charge is 0.481 e. The third-order valence-electron chi connectivity index (χ3n) is 3.64. The summed E-state index contributed by atoms with van der Waals surface area (Å²) in [5.41, 5.74) is 5.84.